The Morgan fingerprint density at radius 2 is 1.39 bits per heavy atom. The second kappa shape index (κ2) is 13.7. The summed E-state index contributed by atoms with van der Waals surface area (Å²) in [4.78, 5) is 30.9. The van der Waals surface area contributed by atoms with E-state index in [-0.39, 0.29) is 47.2 Å². The van der Waals surface area contributed by atoms with Gasteiger partial charge in [0.2, 0.25) is 17.6 Å². The topological polar surface area (TPSA) is 127 Å². The molecule has 1 aliphatic heterocycles. The van der Waals surface area contributed by atoms with Crippen LogP contribution in [-0.4, -0.2) is 29.1 Å². The van der Waals surface area contributed by atoms with Gasteiger partial charge in [0.25, 0.3) is 11.8 Å². The van der Waals surface area contributed by atoms with Crippen LogP contribution < -0.4 is 18.9 Å². The SMILES string of the molecule is COc1ccc(COc2c[n+]([O-])c(-c3cc(CON4C(=O)c5ccccc5C4=O)on3)cc2OC(c2ccccc2)c2ccccc2)cc1. The minimum atomic E-state index is -0.573. The van der Waals surface area contributed by atoms with E-state index in [0.29, 0.717) is 21.3 Å². The standard InChI is InChI=1S/C38H29N3O8/c1-45-28-18-16-25(17-19-28)23-46-35-22-40(44)33(21-34(35)48-36(26-10-4-2-5-11-26)27-12-6-3-7-13-27)32-20-29(49-39-32)24-47-41-37(42)30-14-8-9-15-31(30)38(41)43/h2-22,36H,23-24H2,1H3. The zero-order chi connectivity index (χ0) is 33.7. The number of rotatable bonds is 12. The number of hydroxylamine groups is 2. The van der Waals surface area contributed by atoms with Crippen molar-refractivity contribution < 1.29 is 37.9 Å². The number of amides is 2. The van der Waals surface area contributed by atoms with Crippen molar-refractivity contribution in [2.45, 2.75) is 19.3 Å². The molecule has 3 heterocycles. The summed E-state index contributed by atoms with van der Waals surface area (Å²) in [6, 6.07) is 36.3. The number of carbonyl (C=O) groups is 2. The molecule has 2 aromatic heterocycles. The van der Waals surface area contributed by atoms with E-state index in [2.05, 4.69) is 5.16 Å². The number of imide groups is 1. The summed E-state index contributed by atoms with van der Waals surface area (Å²) in [7, 11) is 1.60. The Balaban J connectivity index is 1.18. The van der Waals surface area contributed by atoms with Crippen LogP contribution in [0.5, 0.6) is 17.2 Å². The maximum atomic E-state index is 13.5. The van der Waals surface area contributed by atoms with Crippen molar-refractivity contribution in [2.24, 2.45) is 0 Å². The fourth-order valence-electron chi connectivity index (χ4n) is 5.39. The van der Waals surface area contributed by atoms with Crippen LogP contribution in [-0.2, 0) is 18.1 Å². The second-order valence-electron chi connectivity index (χ2n) is 11.1. The average molecular weight is 656 g/mol. The molecule has 1 aliphatic rings. The Kier molecular flexibility index (Phi) is 8.72. The first kappa shape index (κ1) is 31.2. The monoisotopic (exact) mass is 655 g/mol. The lowest BCUT2D eigenvalue weighted by molar-refractivity contribution is -0.594. The Morgan fingerprint density at radius 3 is 2.00 bits per heavy atom. The number of hydrogen-bond acceptors (Lipinski definition) is 9. The number of benzene rings is 4. The van der Waals surface area contributed by atoms with Gasteiger partial charge in [-0.05, 0) is 41.0 Å². The summed E-state index contributed by atoms with van der Waals surface area (Å²) in [5.41, 5.74) is 3.44. The number of pyridine rings is 1. The van der Waals surface area contributed by atoms with E-state index in [1.807, 2.05) is 84.9 Å². The number of nitrogens with zero attached hydrogens (tertiary/aromatic N) is 3. The third-order valence-corrected chi connectivity index (χ3v) is 7.90. The molecule has 0 bridgehead atoms. The molecule has 4 aromatic carbocycles. The van der Waals surface area contributed by atoms with E-state index in [4.69, 9.17) is 23.6 Å². The molecule has 0 saturated heterocycles. The molecular weight excluding hydrogens is 626 g/mol. The number of methoxy groups -OCH3 is 1. The highest BCUT2D eigenvalue weighted by Gasteiger charge is 2.37. The number of hydrogen-bond donors (Lipinski definition) is 0. The molecule has 0 N–H and O–H groups in total. The van der Waals surface area contributed by atoms with Gasteiger partial charge in [-0.2, -0.15) is 4.73 Å². The molecular formula is C38H29N3O8. The van der Waals surface area contributed by atoms with Crippen molar-refractivity contribution >= 4 is 11.8 Å². The third kappa shape index (κ3) is 6.55. The minimum Gasteiger partial charge on any atom is -0.618 e. The summed E-state index contributed by atoms with van der Waals surface area (Å²) < 4.78 is 24.1. The van der Waals surface area contributed by atoms with Gasteiger partial charge >= 0.3 is 0 Å². The molecule has 7 rings (SSSR count). The molecule has 0 unspecified atom stereocenters. The van der Waals surface area contributed by atoms with Gasteiger partial charge in [-0.15, -0.1) is 5.06 Å². The van der Waals surface area contributed by atoms with Gasteiger partial charge < -0.3 is 23.9 Å². The largest absolute Gasteiger partial charge is 0.618 e. The number of ether oxygens (including phenoxy) is 3. The van der Waals surface area contributed by atoms with Gasteiger partial charge in [0.1, 0.15) is 25.1 Å². The van der Waals surface area contributed by atoms with Gasteiger partial charge in [0.15, 0.2) is 17.2 Å². The molecule has 244 valence electrons. The first-order valence-corrected chi connectivity index (χ1v) is 15.3. The van der Waals surface area contributed by atoms with Gasteiger partial charge in [-0.3, -0.25) is 14.4 Å². The quantitative estimate of drug-likeness (QED) is 0.0829. The van der Waals surface area contributed by atoms with Crippen molar-refractivity contribution in [1.29, 1.82) is 0 Å². The molecule has 0 saturated carbocycles. The van der Waals surface area contributed by atoms with Crippen LogP contribution in [0, 0.1) is 5.21 Å². The molecule has 11 nitrogen and oxygen atoms in total. The highest BCUT2D eigenvalue weighted by molar-refractivity contribution is 6.20. The van der Waals surface area contributed by atoms with E-state index >= 15 is 0 Å². The summed E-state index contributed by atoms with van der Waals surface area (Å²) in [5, 5.41) is 18.2. The lowest BCUT2D eigenvalue weighted by Crippen LogP contribution is -2.29. The van der Waals surface area contributed by atoms with E-state index < -0.39 is 17.9 Å². The van der Waals surface area contributed by atoms with Crippen molar-refractivity contribution in [2.75, 3.05) is 7.11 Å². The maximum absolute atomic E-state index is 13.5. The molecule has 0 spiro atoms. The van der Waals surface area contributed by atoms with Crippen molar-refractivity contribution in [3.05, 3.63) is 166 Å². The molecule has 11 heteroatoms. The van der Waals surface area contributed by atoms with Crippen LogP contribution in [0.3, 0.4) is 0 Å². The van der Waals surface area contributed by atoms with Gasteiger partial charge in [0, 0.05) is 6.07 Å². The zero-order valence-corrected chi connectivity index (χ0v) is 26.2. The normalized spacial score (nSPS) is 12.3. The summed E-state index contributed by atoms with van der Waals surface area (Å²) >= 11 is 0. The Morgan fingerprint density at radius 1 is 0.776 bits per heavy atom. The second-order valence-corrected chi connectivity index (χ2v) is 11.1. The van der Waals surface area contributed by atoms with Crippen LogP contribution >= 0.6 is 0 Å². The van der Waals surface area contributed by atoms with E-state index in [1.54, 1.807) is 37.4 Å². The molecule has 49 heavy (non-hydrogen) atoms. The highest BCUT2D eigenvalue weighted by atomic mass is 16.7. The Hall–Kier alpha value is -6.46. The van der Waals surface area contributed by atoms with Crippen molar-refractivity contribution in [3.8, 4) is 28.6 Å². The predicted molar refractivity (Wildman–Crippen MR) is 175 cm³/mol. The van der Waals surface area contributed by atoms with E-state index in [1.165, 1.54) is 12.3 Å². The van der Waals surface area contributed by atoms with Gasteiger partial charge in [0.05, 0.1) is 24.3 Å². The van der Waals surface area contributed by atoms with E-state index in [0.717, 1.165) is 16.7 Å². The third-order valence-electron chi connectivity index (χ3n) is 7.90. The number of fused-ring (bicyclic) bond motifs is 1. The maximum Gasteiger partial charge on any atom is 0.285 e. The van der Waals surface area contributed by atoms with Gasteiger partial charge in [-0.25, -0.2) is 0 Å². The zero-order valence-electron chi connectivity index (χ0n) is 26.2. The molecule has 0 radical (unpaired) electrons. The summed E-state index contributed by atoms with van der Waals surface area (Å²) in [5.74, 6) is 0.251. The number of aromatic nitrogens is 2. The van der Waals surface area contributed by atoms with Crippen molar-refractivity contribution in [3.63, 3.8) is 0 Å². The molecule has 6 aromatic rings. The van der Waals surface area contributed by atoms with Crippen LogP contribution in [0.2, 0.25) is 0 Å². The first-order chi connectivity index (χ1) is 24.0. The lowest BCUT2D eigenvalue weighted by atomic mass is 10.0. The summed E-state index contributed by atoms with van der Waals surface area (Å²) in [6.45, 7) is -0.127. The summed E-state index contributed by atoms with van der Waals surface area (Å²) in [6.07, 6.45) is 0.743. The molecule has 2 amide bonds. The smallest absolute Gasteiger partial charge is 0.285 e. The fourth-order valence-corrected chi connectivity index (χ4v) is 5.39. The molecule has 0 atom stereocenters. The lowest BCUT2D eigenvalue weighted by Gasteiger charge is -2.22. The van der Waals surface area contributed by atoms with Gasteiger partial charge in [-0.1, -0.05) is 90.1 Å². The molecule has 0 aliphatic carbocycles. The van der Waals surface area contributed by atoms with Crippen LogP contribution in [0.25, 0.3) is 11.4 Å². The highest BCUT2D eigenvalue weighted by Crippen LogP contribution is 2.36. The average Bonchev–Trinajstić information content (AvgIpc) is 3.72. The predicted octanol–water partition coefficient (Wildman–Crippen LogP) is 6.46. The van der Waals surface area contributed by atoms with Crippen LogP contribution in [0.1, 0.15) is 49.3 Å². The fraction of sp³-hybridized carbons (Fsp3) is 0.105. The Bertz CT molecular complexity index is 2030. The minimum absolute atomic E-state index is 0.113. The number of carbonyl (C=O) groups excluding carboxylic acids is 2. The van der Waals surface area contributed by atoms with Crippen LogP contribution in [0.15, 0.2) is 132 Å². The Labute approximate surface area is 281 Å². The van der Waals surface area contributed by atoms with Crippen molar-refractivity contribution in [1.82, 2.24) is 10.2 Å². The molecule has 0 fully saturated rings. The van der Waals surface area contributed by atoms with Crippen LogP contribution in [0.4, 0.5) is 0 Å². The van der Waals surface area contributed by atoms with E-state index in [9.17, 15) is 14.8 Å². The first-order valence-electron chi connectivity index (χ1n) is 15.3.